The Kier molecular flexibility index (Phi) is 5.39. The van der Waals surface area contributed by atoms with E-state index in [0.717, 1.165) is 50.0 Å². The lowest BCUT2D eigenvalue weighted by molar-refractivity contribution is 0.122. The van der Waals surface area contributed by atoms with Crippen molar-refractivity contribution >= 4 is 11.3 Å². The monoisotopic (exact) mass is 364 g/mol. The Morgan fingerprint density at radius 3 is 2.19 bits per heavy atom. The highest BCUT2D eigenvalue weighted by atomic mass is 32.1. The fourth-order valence-corrected chi connectivity index (χ4v) is 4.07. The summed E-state index contributed by atoms with van der Waals surface area (Å²) in [6, 6.07) is 12.9. The van der Waals surface area contributed by atoms with Crippen molar-refractivity contribution in [1.29, 1.82) is 0 Å². The number of thiophene rings is 1. The summed E-state index contributed by atoms with van der Waals surface area (Å²) in [7, 11) is 0. The highest BCUT2D eigenvalue weighted by Crippen LogP contribution is 2.20. The summed E-state index contributed by atoms with van der Waals surface area (Å²) in [5, 5.41) is 2.06. The van der Waals surface area contributed by atoms with Crippen molar-refractivity contribution in [1.82, 2.24) is 19.8 Å². The average molecular weight is 365 g/mol. The molecule has 2 aromatic heterocycles. The van der Waals surface area contributed by atoms with Gasteiger partial charge in [-0.15, -0.1) is 11.3 Å². The van der Waals surface area contributed by atoms with Crippen LogP contribution in [-0.2, 0) is 13.1 Å². The van der Waals surface area contributed by atoms with Crippen LogP contribution >= 0.6 is 11.3 Å². The molecule has 134 valence electrons. The van der Waals surface area contributed by atoms with Gasteiger partial charge in [-0.3, -0.25) is 9.80 Å². The molecule has 3 aromatic rings. The quantitative estimate of drug-likeness (QED) is 0.689. The molecule has 0 amide bonds. The largest absolute Gasteiger partial charge is 0.297 e. The van der Waals surface area contributed by atoms with Crippen LogP contribution in [0.15, 0.2) is 54.2 Å². The van der Waals surface area contributed by atoms with Crippen molar-refractivity contribution in [2.75, 3.05) is 26.2 Å². The second-order valence-corrected chi connectivity index (χ2v) is 7.88. The Morgan fingerprint density at radius 2 is 1.58 bits per heavy atom. The van der Waals surface area contributed by atoms with Crippen LogP contribution in [0.2, 0.25) is 0 Å². The van der Waals surface area contributed by atoms with Crippen molar-refractivity contribution in [3.05, 3.63) is 70.9 Å². The molecule has 0 atom stereocenters. The topological polar surface area (TPSA) is 32.3 Å². The van der Waals surface area contributed by atoms with E-state index >= 15 is 0 Å². The van der Waals surface area contributed by atoms with Gasteiger partial charge in [-0.25, -0.2) is 9.97 Å². The third kappa shape index (κ3) is 4.36. The summed E-state index contributed by atoms with van der Waals surface area (Å²) < 4.78 is 0. The first-order chi connectivity index (χ1) is 12.8. The molecule has 1 aromatic carbocycles. The van der Waals surface area contributed by atoms with E-state index in [1.165, 1.54) is 16.7 Å². The van der Waals surface area contributed by atoms with Crippen LogP contribution in [0, 0.1) is 6.92 Å². The molecular weight excluding hydrogens is 340 g/mol. The third-order valence-corrected chi connectivity index (χ3v) is 5.67. The molecule has 4 rings (SSSR count). The summed E-state index contributed by atoms with van der Waals surface area (Å²) in [5.41, 5.74) is 3.94. The number of aryl methyl sites for hydroxylation is 1. The van der Waals surface area contributed by atoms with E-state index in [1.54, 1.807) is 11.3 Å². The summed E-state index contributed by atoms with van der Waals surface area (Å²) in [4.78, 5) is 15.2. The number of benzene rings is 1. The van der Waals surface area contributed by atoms with Crippen LogP contribution in [-0.4, -0.2) is 45.9 Å². The molecule has 0 bridgehead atoms. The Bertz CT molecular complexity index is 821. The standard InChI is InChI=1S/C21H24N4S/c1-17-4-2-5-18(12-17)15-24-7-9-25(10-8-24)16-19-13-22-21(23-14-19)20-6-3-11-26-20/h2-6,11-14H,7-10,15-16H2,1H3. The molecule has 0 radical (unpaired) electrons. The molecule has 0 saturated carbocycles. The Balaban J connectivity index is 1.28. The number of hydrogen-bond acceptors (Lipinski definition) is 5. The number of aromatic nitrogens is 2. The fourth-order valence-electron chi connectivity index (χ4n) is 3.40. The van der Waals surface area contributed by atoms with E-state index in [4.69, 9.17) is 0 Å². The maximum Gasteiger partial charge on any atom is 0.169 e. The summed E-state index contributed by atoms with van der Waals surface area (Å²) >= 11 is 1.68. The van der Waals surface area contributed by atoms with Gasteiger partial charge in [0, 0.05) is 57.2 Å². The second-order valence-electron chi connectivity index (χ2n) is 6.93. The van der Waals surface area contributed by atoms with Crippen molar-refractivity contribution < 1.29 is 0 Å². The van der Waals surface area contributed by atoms with Gasteiger partial charge in [-0.2, -0.15) is 0 Å². The molecule has 0 aliphatic carbocycles. The Hall–Kier alpha value is -2.08. The summed E-state index contributed by atoms with van der Waals surface area (Å²) in [5.74, 6) is 0.826. The van der Waals surface area contributed by atoms with E-state index in [0.29, 0.717) is 0 Å². The molecular formula is C21H24N4S. The highest BCUT2D eigenvalue weighted by molar-refractivity contribution is 7.13. The van der Waals surface area contributed by atoms with Crippen LogP contribution in [0.25, 0.3) is 10.7 Å². The van der Waals surface area contributed by atoms with Crippen molar-refractivity contribution in [2.24, 2.45) is 0 Å². The van der Waals surface area contributed by atoms with Crippen molar-refractivity contribution in [3.8, 4) is 10.7 Å². The Morgan fingerprint density at radius 1 is 0.885 bits per heavy atom. The molecule has 1 fully saturated rings. The van der Waals surface area contributed by atoms with Crippen LogP contribution in [0.3, 0.4) is 0 Å². The van der Waals surface area contributed by atoms with E-state index in [1.807, 2.05) is 18.5 Å². The maximum absolute atomic E-state index is 4.53. The van der Waals surface area contributed by atoms with Gasteiger partial charge < -0.3 is 0 Å². The lowest BCUT2D eigenvalue weighted by Crippen LogP contribution is -2.45. The van der Waals surface area contributed by atoms with Gasteiger partial charge in [0.2, 0.25) is 0 Å². The van der Waals surface area contributed by atoms with Crippen LogP contribution < -0.4 is 0 Å². The molecule has 5 heteroatoms. The van der Waals surface area contributed by atoms with E-state index < -0.39 is 0 Å². The molecule has 0 unspecified atom stereocenters. The minimum atomic E-state index is 0.826. The SMILES string of the molecule is Cc1cccc(CN2CCN(Cc3cnc(-c4cccs4)nc3)CC2)c1. The first kappa shape index (κ1) is 17.3. The normalized spacial score (nSPS) is 16.0. The number of nitrogens with zero attached hydrogens (tertiary/aromatic N) is 4. The zero-order valence-electron chi connectivity index (χ0n) is 15.1. The minimum absolute atomic E-state index is 0.826. The molecule has 1 saturated heterocycles. The molecule has 1 aliphatic heterocycles. The first-order valence-corrected chi connectivity index (χ1v) is 9.99. The second kappa shape index (κ2) is 8.08. The summed E-state index contributed by atoms with van der Waals surface area (Å²) in [6.45, 7) is 8.56. The van der Waals surface area contributed by atoms with E-state index in [9.17, 15) is 0 Å². The lowest BCUT2D eigenvalue weighted by Gasteiger charge is -2.34. The van der Waals surface area contributed by atoms with Gasteiger partial charge >= 0.3 is 0 Å². The van der Waals surface area contributed by atoms with Gasteiger partial charge in [0.1, 0.15) is 0 Å². The van der Waals surface area contributed by atoms with Gasteiger partial charge in [0.15, 0.2) is 5.82 Å². The van der Waals surface area contributed by atoms with Crippen molar-refractivity contribution in [3.63, 3.8) is 0 Å². The molecule has 1 aliphatic rings. The van der Waals surface area contributed by atoms with Crippen LogP contribution in [0.5, 0.6) is 0 Å². The van der Waals surface area contributed by atoms with Gasteiger partial charge in [-0.05, 0) is 23.9 Å². The highest BCUT2D eigenvalue weighted by Gasteiger charge is 2.17. The average Bonchev–Trinajstić information content (AvgIpc) is 3.19. The van der Waals surface area contributed by atoms with E-state index in [2.05, 4.69) is 62.4 Å². The number of piperazine rings is 1. The lowest BCUT2D eigenvalue weighted by atomic mass is 10.1. The minimum Gasteiger partial charge on any atom is -0.297 e. The molecule has 0 spiro atoms. The van der Waals surface area contributed by atoms with E-state index in [-0.39, 0.29) is 0 Å². The number of rotatable bonds is 5. The molecule has 4 nitrogen and oxygen atoms in total. The zero-order chi connectivity index (χ0) is 17.8. The maximum atomic E-state index is 4.53. The Labute approximate surface area is 159 Å². The molecule has 3 heterocycles. The van der Waals surface area contributed by atoms with Gasteiger partial charge in [-0.1, -0.05) is 35.9 Å². The molecule has 26 heavy (non-hydrogen) atoms. The predicted octanol–water partition coefficient (Wildman–Crippen LogP) is 3.83. The predicted molar refractivity (Wildman–Crippen MR) is 107 cm³/mol. The van der Waals surface area contributed by atoms with Gasteiger partial charge in [0.05, 0.1) is 4.88 Å². The summed E-state index contributed by atoms with van der Waals surface area (Å²) in [6.07, 6.45) is 3.95. The van der Waals surface area contributed by atoms with Crippen molar-refractivity contribution in [2.45, 2.75) is 20.0 Å². The number of hydrogen-bond donors (Lipinski definition) is 0. The fraction of sp³-hybridized carbons (Fsp3) is 0.333. The first-order valence-electron chi connectivity index (χ1n) is 9.11. The molecule has 0 N–H and O–H groups in total. The zero-order valence-corrected chi connectivity index (χ0v) is 16.0. The van der Waals surface area contributed by atoms with Gasteiger partial charge in [0.25, 0.3) is 0 Å². The van der Waals surface area contributed by atoms with Crippen LogP contribution in [0.1, 0.15) is 16.7 Å². The third-order valence-electron chi connectivity index (χ3n) is 4.81. The van der Waals surface area contributed by atoms with Crippen LogP contribution in [0.4, 0.5) is 0 Å². The smallest absolute Gasteiger partial charge is 0.169 e.